The Bertz CT molecular complexity index is 796. The van der Waals surface area contributed by atoms with Gasteiger partial charge in [0.2, 0.25) is 0 Å². The van der Waals surface area contributed by atoms with Gasteiger partial charge in [0, 0.05) is 22.9 Å². The molecule has 0 aliphatic carbocycles. The van der Waals surface area contributed by atoms with Crippen molar-refractivity contribution in [2.24, 2.45) is 0 Å². The Balaban J connectivity index is 1.87. The molecule has 1 aromatic heterocycles. The summed E-state index contributed by atoms with van der Waals surface area (Å²) in [7, 11) is 0. The number of aliphatic carboxylic acids is 1. The zero-order valence-electron chi connectivity index (χ0n) is 13.0. The molecular weight excluding hydrogens is 350 g/mol. The number of carbonyl (C=O) groups is 2. The molecule has 0 bridgehead atoms. The van der Waals surface area contributed by atoms with E-state index in [2.05, 4.69) is 5.32 Å². The fourth-order valence-corrected chi connectivity index (χ4v) is 3.93. The van der Waals surface area contributed by atoms with Gasteiger partial charge < -0.3 is 15.2 Å². The number of nitrogens with one attached hydrogen (secondary N) is 1. The van der Waals surface area contributed by atoms with Gasteiger partial charge in [-0.25, -0.2) is 4.79 Å². The maximum Gasteiger partial charge on any atom is 0.331 e. The average molecular weight is 366 g/mol. The summed E-state index contributed by atoms with van der Waals surface area (Å²) in [6.07, 6.45) is 0.263. The zero-order chi connectivity index (χ0) is 17.3. The summed E-state index contributed by atoms with van der Waals surface area (Å²) in [5.41, 5.74) is 0.534. The monoisotopic (exact) mass is 365 g/mol. The minimum Gasteiger partial charge on any atom is -0.479 e. The largest absolute Gasteiger partial charge is 0.479 e. The SMILES string of the molecule is Cc1cc(C(=O)NC2(C(=O)O)CCOC2)sc1-c1cccc(Cl)c1. The Morgan fingerprint density at radius 1 is 1.38 bits per heavy atom. The van der Waals surface area contributed by atoms with Crippen molar-refractivity contribution in [3.05, 3.63) is 45.8 Å². The molecule has 0 spiro atoms. The fourth-order valence-electron chi connectivity index (χ4n) is 2.67. The van der Waals surface area contributed by atoms with Crippen LogP contribution in [0.4, 0.5) is 0 Å². The lowest BCUT2D eigenvalue weighted by molar-refractivity contribution is -0.144. The average Bonchev–Trinajstić information content (AvgIpc) is 3.15. The van der Waals surface area contributed by atoms with E-state index in [1.807, 2.05) is 25.1 Å². The summed E-state index contributed by atoms with van der Waals surface area (Å²) >= 11 is 7.35. The van der Waals surface area contributed by atoms with Crippen LogP contribution in [-0.4, -0.2) is 35.7 Å². The van der Waals surface area contributed by atoms with Gasteiger partial charge in [-0.2, -0.15) is 0 Å². The molecule has 126 valence electrons. The second-order valence-corrected chi connectivity index (χ2v) is 7.27. The number of hydrogen-bond acceptors (Lipinski definition) is 4. The summed E-state index contributed by atoms with van der Waals surface area (Å²) in [6.45, 7) is 2.22. The first-order chi connectivity index (χ1) is 11.4. The van der Waals surface area contributed by atoms with Crippen molar-refractivity contribution in [3.63, 3.8) is 0 Å². The van der Waals surface area contributed by atoms with Gasteiger partial charge in [0.25, 0.3) is 5.91 Å². The van der Waals surface area contributed by atoms with Crippen LogP contribution in [0.1, 0.15) is 21.7 Å². The number of ether oxygens (including phenoxy) is 1. The number of halogens is 1. The first kappa shape index (κ1) is 17.0. The van der Waals surface area contributed by atoms with Crippen LogP contribution in [0.25, 0.3) is 10.4 Å². The van der Waals surface area contributed by atoms with Gasteiger partial charge in [0.1, 0.15) is 0 Å². The number of carbonyl (C=O) groups excluding carboxylic acids is 1. The number of carboxylic acids is 1. The molecule has 1 amide bonds. The molecule has 7 heteroatoms. The van der Waals surface area contributed by atoms with E-state index in [9.17, 15) is 14.7 Å². The third-order valence-electron chi connectivity index (χ3n) is 4.01. The second-order valence-electron chi connectivity index (χ2n) is 5.78. The van der Waals surface area contributed by atoms with Gasteiger partial charge in [-0.1, -0.05) is 23.7 Å². The van der Waals surface area contributed by atoms with E-state index in [1.165, 1.54) is 11.3 Å². The Kier molecular flexibility index (Phi) is 4.62. The van der Waals surface area contributed by atoms with Crippen molar-refractivity contribution in [2.75, 3.05) is 13.2 Å². The van der Waals surface area contributed by atoms with E-state index in [0.717, 1.165) is 16.0 Å². The molecule has 2 heterocycles. The fraction of sp³-hybridized carbons (Fsp3) is 0.294. The van der Waals surface area contributed by atoms with Crippen molar-refractivity contribution in [3.8, 4) is 10.4 Å². The predicted molar refractivity (Wildman–Crippen MR) is 92.8 cm³/mol. The lowest BCUT2D eigenvalue weighted by Gasteiger charge is -2.23. The van der Waals surface area contributed by atoms with E-state index < -0.39 is 17.4 Å². The molecule has 5 nitrogen and oxygen atoms in total. The molecule has 0 saturated carbocycles. The highest BCUT2D eigenvalue weighted by molar-refractivity contribution is 7.17. The molecular formula is C17H16ClNO4S. The number of aryl methyl sites for hydroxylation is 1. The molecule has 1 fully saturated rings. The molecule has 1 saturated heterocycles. The van der Waals surface area contributed by atoms with Crippen LogP contribution in [0, 0.1) is 6.92 Å². The highest BCUT2D eigenvalue weighted by atomic mass is 35.5. The van der Waals surface area contributed by atoms with E-state index in [-0.39, 0.29) is 13.0 Å². The summed E-state index contributed by atoms with van der Waals surface area (Å²) in [5.74, 6) is -1.47. The summed E-state index contributed by atoms with van der Waals surface area (Å²) in [6, 6.07) is 9.17. The van der Waals surface area contributed by atoms with Crippen LogP contribution in [0.15, 0.2) is 30.3 Å². The van der Waals surface area contributed by atoms with Gasteiger partial charge in [-0.3, -0.25) is 4.79 Å². The Morgan fingerprint density at radius 3 is 2.79 bits per heavy atom. The smallest absolute Gasteiger partial charge is 0.331 e. The van der Waals surface area contributed by atoms with E-state index >= 15 is 0 Å². The first-order valence-electron chi connectivity index (χ1n) is 7.41. The minimum atomic E-state index is -1.34. The van der Waals surface area contributed by atoms with Crippen LogP contribution in [0.5, 0.6) is 0 Å². The standard InChI is InChI=1S/C17H16ClNO4S/c1-10-7-13(24-14(10)11-3-2-4-12(18)8-11)15(20)19-17(16(21)22)5-6-23-9-17/h2-4,7-8H,5-6,9H2,1H3,(H,19,20)(H,21,22). The quantitative estimate of drug-likeness (QED) is 0.871. The van der Waals surface area contributed by atoms with Crippen LogP contribution in [0.2, 0.25) is 5.02 Å². The van der Waals surface area contributed by atoms with E-state index in [1.54, 1.807) is 12.1 Å². The maximum absolute atomic E-state index is 12.5. The Morgan fingerprint density at radius 2 is 2.17 bits per heavy atom. The Labute approximate surface area is 148 Å². The van der Waals surface area contributed by atoms with Crippen molar-refractivity contribution in [1.82, 2.24) is 5.32 Å². The molecule has 1 atom stereocenters. The van der Waals surface area contributed by atoms with Crippen molar-refractivity contribution in [1.29, 1.82) is 0 Å². The number of hydrogen-bond donors (Lipinski definition) is 2. The van der Waals surface area contributed by atoms with Crippen molar-refractivity contribution in [2.45, 2.75) is 18.9 Å². The van der Waals surface area contributed by atoms with Crippen LogP contribution in [0.3, 0.4) is 0 Å². The molecule has 3 rings (SSSR count). The number of rotatable bonds is 4. The molecule has 2 N–H and O–H groups in total. The number of benzene rings is 1. The van der Waals surface area contributed by atoms with Crippen molar-refractivity contribution < 1.29 is 19.4 Å². The topological polar surface area (TPSA) is 75.6 Å². The lowest BCUT2D eigenvalue weighted by atomic mass is 9.99. The third-order valence-corrected chi connectivity index (χ3v) is 5.53. The minimum absolute atomic E-state index is 0.0143. The third kappa shape index (κ3) is 3.17. The zero-order valence-corrected chi connectivity index (χ0v) is 14.5. The number of carboxylic acid groups (broad SMARTS) is 1. The van der Waals surface area contributed by atoms with Gasteiger partial charge in [-0.15, -0.1) is 11.3 Å². The molecule has 1 aliphatic heterocycles. The Hall–Kier alpha value is -1.89. The molecule has 2 aromatic rings. The van der Waals surface area contributed by atoms with Crippen LogP contribution < -0.4 is 5.32 Å². The van der Waals surface area contributed by atoms with Gasteiger partial charge in [0.15, 0.2) is 5.54 Å². The van der Waals surface area contributed by atoms with Crippen LogP contribution >= 0.6 is 22.9 Å². The summed E-state index contributed by atoms with van der Waals surface area (Å²) in [4.78, 5) is 25.5. The highest BCUT2D eigenvalue weighted by Crippen LogP contribution is 2.34. The molecule has 0 radical (unpaired) electrons. The second kappa shape index (κ2) is 6.55. The lowest BCUT2D eigenvalue weighted by Crippen LogP contribution is -2.55. The normalized spacial score (nSPS) is 20.1. The summed E-state index contributed by atoms with van der Waals surface area (Å²) in [5, 5.41) is 12.7. The van der Waals surface area contributed by atoms with Gasteiger partial charge in [-0.05, 0) is 36.2 Å². The van der Waals surface area contributed by atoms with Crippen molar-refractivity contribution >= 4 is 34.8 Å². The molecule has 1 aromatic carbocycles. The van der Waals surface area contributed by atoms with E-state index in [0.29, 0.717) is 16.5 Å². The summed E-state index contributed by atoms with van der Waals surface area (Å²) < 4.78 is 5.16. The number of amides is 1. The molecule has 1 unspecified atom stereocenters. The van der Waals surface area contributed by atoms with Gasteiger partial charge in [0.05, 0.1) is 11.5 Å². The maximum atomic E-state index is 12.5. The predicted octanol–water partition coefficient (Wildman–Crippen LogP) is 3.35. The molecule has 24 heavy (non-hydrogen) atoms. The van der Waals surface area contributed by atoms with Crippen LogP contribution in [-0.2, 0) is 9.53 Å². The molecule has 1 aliphatic rings. The first-order valence-corrected chi connectivity index (χ1v) is 8.61. The number of thiophene rings is 1. The van der Waals surface area contributed by atoms with E-state index in [4.69, 9.17) is 16.3 Å². The van der Waals surface area contributed by atoms with Gasteiger partial charge >= 0.3 is 5.97 Å². The highest BCUT2D eigenvalue weighted by Gasteiger charge is 2.44.